The van der Waals surface area contributed by atoms with Gasteiger partial charge in [0.1, 0.15) is 11.6 Å². The first-order chi connectivity index (χ1) is 9.97. The molecule has 0 fully saturated rings. The zero-order valence-corrected chi connectivity index (χ0v) is 11.2. The number of halogens is 1. The maximum absolute atomic E-state index is 13.2. The molecular formula is C14H13FN2O4. The van der Waals surface area contributed by atoms with Crippen LogP contribution >= 0.6 is 0 Å². The molecule has 21 heavy (non-hydrogen) atoms. The van der Waals surface area contributed by atoms with Crippen molar-refractivity contribution in [3.63, 3.8) is 0 Å². The number of carbonyl (C=O) groups excluding carboxylic acids is 1. The van der Waals surface area contributed by atoms with Gasteiger partial charge in [0.15, 0.2) is 5.82 Å². The molecule has 1 aromatic carbocycles. The van der Waals surface area contributed by atoms with E-state index in [2.05, 4.69) is 5.16 Å². The molecule has 0 unspecified atom stereocenters. The third kappa shape index (κ3) is 3.65. The van der Waals surface area contributed by atoms with Crippen molar-refractivity contribution in [2.24, 2.45) is 0 Å². The molecule has 1 aromatic heterocycles. The molecule has 0 aliphatic carbocycles. The molecule has 2 aromatic rings. The van der Waals surface area contributed by atoms with Crippen molar-refractivity contribution in [1.29, 1.82) is 0 Å². The molecule has 0 radical (unpaired) electrons. The number of amides is 1. The minimum atomic E-state index is -1.05. The number of hydrogen-bond acceptors (Lipinski definition) is 4. The predicted octanol–water partition coefficient (Wildman–Crippen LogP) is 2.24. The van der Waals surface area contributed by atoms with Gasteiger partial charge in [-0.05, 0) is 25.1 Å². The number of anilines is 1. The first-order valence-electron chi connectivity index (χ1n) is 6.20. The van der Waals surface area contributed by atoms with Crippen LogP contribution in [0.4, 0.5) is 10.2 Å². The second kappa shape index (κ2) is 6.17. The largest absolute Gasteiger partial charge is 0.481 e. The molecule has 0 spiro atoms. The van der Waals surface area contributed by atoms with Gasteiger partial charge in [-0.25, -0.2) is 4.39 Å². The van der Waals surface area contributed by atoms with Gasteiger partial charge >= 0.3 is 5.97 Å². The Morgan fingerprint density at radius 1 is 1.38 bits per heavy atom. The first-order valence-corrected chi connectivity index (χ1v) is 6.20. The van der Waals surface area contributed by atoms with Gasteiger partial charge in [0.25, 0.3) is 5.91 Å². The van der Waals surface area contributed by atoms with Gasteiger partial charge in [0.05, 0.1) is 6.42 Å². The van der Waals surface area contributed by atoms with Crippen LogP contribution in [-0.2, 0) is 4.79 Å². The molecule has 1 heterocycles. The molecule has 0 aliphatic heterocycles. The van der Waals surface area contributed by atoms with Crippen molar-refractivity contribution in [2.45, 2.75) is 13.3 Å². The topological polar surface area (TPSA) is 83.6 Å². The van der Waals surface area contributed by atoms with Crippen LogP contribution in [0.15, 0.2) is 34.9 Å². The van der Waals surface area contributed by atoms with Gasteiger partial charge in [-0.1, -0.05) is 11.2 Å². The third-order valence-electron chi connectivity index (χ3n) is 2.76. The van der Waals surface area contributed by atoms with Crippen molar-refractivity contribution in [2.75, 3.05) is 11.4 Å². The third-order valence-corrected chi connectivity index (χ3v) is 2.76. The quantitative estimate of drug-likeness (QED) is 0.913. The van der Waals surface area contributed by atoms with Crippen LogP contribution < -0.4 is 4.90 Å². The van der Waals surface area contributed by atoms with E-state index < -0.39 is 17.7 Å². The Morgan fingerprint density at radius 2 is 2.14 bits per heavy atom. The monoisotopic (exact) mass is 292 g/mol. The number of rotatable bonds is 5. The number of hydrogen-bond donors (Lipinski definition) is 1. The first kappa shape index (κ1) is 14.7. The molecule has 6 nitrogen and oxygen atoms in total. The molecule has 1 N–H and O–H groups in total. The summed E-state index contributed by atoms with van der Waals surface area (Å²) in [5.74, 6) is -1.45. The lowest BCUT2D eigenvalue weighted by Crippen LogP contribution is -2.33. The van der Waals surface area contributed by atoms with E-state index >= 15 is 0 Å². The highest BCUT2D eigenvalue weighted by molar-refractivity contribution is 6.05. The SMILES string of the molecule is Cc1cc(N(CCC(=O)O)C(=O)c2cccc(F)c2)no1. The summed E-state index contributed by atoms with van der Waals surface area (Å²) in [7, 11) is 0. The minimum absolute atomic E-state index is 0.0867. The molecule has 0 atom stereocenters. The van der Waals surface area contributed by atoms with E-state index in [1.54, 1.807) is 6.92 Å². The number of benzene rings is 1. The molecule has 110 valence electrons. The number of aliphatic carboxylic acids is 1. The smallest absolute Gasteiger partial charge is 0.305 e. The summed E-state index contributed by atoms with van der Waals surface area (Å²) in [5.41, 5.74) is 0.112. The summed E-state index contributed by atoms with van der Waals surface area (Å²) < 4.78 is 18.1. The van der Waals surface area contributed by atoms with E-state index in [0.717, 1.165) is 11.0 Å². The Labute approximate surface area is 119 Å². The number of aryl methyl sites for hydroxylation is 1. The second-order valence-corrected chi connectivity index (χ2v) is 4.41. The fourth-order valence-corrected chi connectivity index (χ4v) is 1.79. The van der Waals surface area contributed by atoms with Crippen molar-refractivity contribution in [3.05, 3.63) is 47.5 Å². The zero-order valence-electron chi connectivity index (χ0n) is 11.2. The maximum Gasteiger partial charge on any atom is 0.305 e. The minimum Gasteiger partial charge on any atom is -0.481 e. The van der Waals surface area contributed by atoms with Crippen LogP contribution in [0.3, 0.4) is 0 Å². The molecule has 2 rings (SSSR count). The van der Waals surface area contributed by atoms with E-state index in [1.807, 2.05) is 0 Å². The molecule has 1 amide bonds. The van der Waals surface area contributed by atoms with E-state index in [4.69, 9.17) is 9.63 Å². The fourth-order valence-electron chi connectivity index (χ4n) is 1.79. The number of carbonyl (C=O) groups is 2. The Kier molecular flexibility index (Phi) is 4.32. The summed E-state index contributed by atoms with van der Waals surface area (Å²) in [6.07, 6.45) is -0.257. The summed E-state index contributed by atoms with van der Waals surface area (Å²) in [5, 5.41) is 12.5. The summed E-state index contributed by atoms with van der Waals surface area (Å²) in [6.45, 7) is 1.56. The van der Waals surface area contributed by atoms with E-state index in [1.165, 1.54) is 24.3 Å². The van der Waals surface area contributed by atoms with Crippen LogP contribution in [0.1, 0.15) is 22.5 Å². The predicted molar refractivity (Wildman–Crippen MR) is 71.6 cm³/mol. The van der Waals surface area contributed by atoms with Crippen LogP contribution in [0.5, 0.6) is 0 Å². The molecule has 0 aliphatic rings. The summed E-state index contributed by atoms with van der Waals surface area (Å²) in [6, 6.07) is 6.68. The van der Waals surface area contributed by atoms with E-state index in [9.17, 15) is 14.0 Å². The highest BCUT2D eigenvalue weighted by atomic mass is 19.1. The highest BCUT2D eigenvalue weighted by Gasteiger charge is 2.21. The van der Waals surface area contributed by atoms with Gasteiger partial charge < -0.3 is 9.63 Å². The number of carboxylic acids is 1. The summed E-state index contributed by atoms with van der Waals surface area (Å²) >= 11 is 0. The number of carboxylic acid groups (broad SMARTS) is 1. The van der Waals surface area contributed by atoms with E-state index in [0.29, 0.717) is 5.76 Å². The average molecular weight is 292 g/mol. The molecule has 0 saturated carbocycles. The lowest BCUT2D eigenvalue weighted by atomic mass is 10.2. The molecular weight excluding hydrogens is 279 g/mol. The second-order valence-electron chi connectivity index (χ2n) is 4.41. The number of nitrogens with zero attached hydrogens (tertiary/aromatic N) is 2. The zero-order chi connectivity index (χ0) is 15.4. The Morgan fingerprint density at radius 3 is 2.71 bits per heavy atom. The van der Waals surface area contributed by atoms with Gasteiger partial charge in [-0.2, -0.15) is 0 Å². The summed E-state index contributed by atoms with van der Waals surface area (Å²) in [4.78, 5) is 24.3. The average Bonchev–Trinajstić information content (AvgIpc) is 2.85. The van der Waals surface area contributed by atoms with Crippen LogP contribution in [0, 0.1) is 12.7 Å². The Balaban J connectivity index is 2.30. The van der Waals surface area contributed by atoms with E-state index in [-0.39, 0.29) is 24.3 Å². The number of aromatic nitrogens is 1. The Bertz CT molecular complexity index is 668. The van der Waals surface area contributed by atoms with Crippen molar-refractivity contribution in [3.8, 4) is 0 Å². The Hall–Kier alpha value is -2.70. The van der Waals surface area contributed by atoms with Gasteiger partial charge in [-0.3, -0.25) is 14.5 Å². The van der Waals surface area contributed by atoms with Crippen LogP contribution in [-0.4, -0.2) is 28.7 Å². The lowest BCUT2D eigenvalue weighted by Gasteiger charge is -2.18. The van der Waals surface area contributed by atoms with Crippen molar-refractivity contribution in [1.82, 2.24) is 5.16 Å². The van der Waals surface area contributed by atoms with Crippen molar-refractivity contribution < 1.29 is 23.6 Å². The normalized spacial score (nSPS) is 10.4. The fraction of sp³-hybridized carbons (Fsp3) is 0.214. The molecule has 0 bridgehead atoms. The van der Waals surface area contributed by atoms with Gasteiger partial charge in [0.2, 0.25) is 0 Å². The molecule has 0 saturated heterocycles. The molecule has 7 heteroatoms. The van der Waals surface area contributed by atoms with Gasteiger partial charge in [-0.15, -0.1) is 0 Å². The highest BCUT2D eigenvalue weighted by Crippen LogP contribution is 2.18. The lowest BCUT2D eigenvalue weighted by molar-refractivity contribution is -0.136. The van der Waals surface area contributed by atoms with Gasteiger partial charge in [0, 0.05) is 18.2 Å². The van der Waals surface area contributed by atoms with Crippen LogP contribution in [0.25, 0.3) is 0 Å². The van der Waals surface area contributed by atoms with Crippen molar-refractivity contribution >= 4 is 17.7 Å². The standard InChI is InChI=1S/C14H13FN2O4/c1-9-7-12(16-21-9)17(6-5-13(18)19)14(20)10-3-2-4-11(15)8-10/h2-4,7-8H,5-6H2,1H3,(H,18,19). The maximum atomic E-state index is 13.2. The van der Waals surface area contributed by atoms with Crippen LogP contribution in [0.2, 0.25) is 0 Å².